The fourth-order valence-corrected chi connectivity index (χ4v) is 4.20. The van der Waals surface area contributed by atoms with Gasteiger partial charge in [0.25, 0.3) is 0 Å². The number of carbonyl (C=O) groups is 1. The van der Waals surface area contributed by atoms with Crippen LogP contribution in [0.1, 0.15) is 18.5 Å². The number of thiocarbonyl (C=S) groups is 1. The summed E-state index contributed by atoms with van der Waals surface area (Å²) < 4.78 is 11.5. The van der Waals surface area contributed by atoms with E-state index in [0.717, 1.165) is 17.0 Å². The first-order chi connectivity index (χ1) is 12.1. The zero-order chi connectivity index (χ0) is 17.6. The van der Waals surface area contributed by atoms with E-state index in [-0.39, 0.29) is 12.0 Å². The highest BCUT2D eigenvalue weighted by Gasteiger charge is 2.59. The van der Waals surface area contributed by atoms with Gasteiger partial charge in [-0.15, -0.1) is 0 Å². The summed E-state index contributed by atoms with van der Waals surface area (Å²) in [5.41, 5.74) is 0.773. The number of methoxy groups -OCH3 is 1. The monoisotopic (exact) mass is 354 g/mol. The Bertz CT molecular complexity index is 842. The Morgan fingerprint density at radius 2 is 1.88 bits per heavy atom. The van der Waals surface area contributed by atoms with E-state index in [0.29, 0.717) is 5.11 Å². The second-order valence-electron chi connectivity index (χ2n) is 6.29. The van der Waals surface area contributed by atoms with Gasteiger partial charge in [0.1, 0.15) is 11.7 Å². The number of fused-ring (bicyclic) bond motifs is 4. The molecule has 0 aromatic heterocycles. The van der Waals surface area contributed by atoms with Crippen molar-refractivity contribution >= 4 is 29.0 Å². The zero-order valence-corrected chi connectivity index (χ0v) is 14.7. The van der Waals surface area contributed by atoms with Crippen LogP contribution < -0.4 is 15.0 Å². The van der Waals surface area contributed by atoms with Gasteiger partial charge < -0.3 is 14.8 Å². The van der Waals surface area contributed by atoms with Crippen LogP contribution in [0.15, 0.2) is 54.6 Å². The minimum Gasteiger partial charge on any atom is -0.469 e. The third-order valence-electron chi connectivity index (χ3n) is 4.88. The molecule has 4 rings (SSSR count). The van der Waals surface area contributed by atoms with Gasteiger partial charge in [0, 0.05) is 11.3 Å². The lowest BCUT2D eigenvalue weighted by Gasteiger charge is -2.55. The summed E-state index contributed by atoms with van der Waals surface area (Å²) in [6, 6.07) is 17.1. The van der Waals surface area contributed by atoms with Crippen molar-refractivity contribution in [1.29, 1.82) is 0 Å². The molecule has 25 heavy (non-hydrogen) atoms. The van der Waals surface area contributed by atoms with Crippen molar-refractivity contribution in [1.82, 2.24) is 5.32 Å². The van der Waals surface area contributed by atoms with Crippen molar-refractivity contribution in [2.75, 3.05) is 12.0 Å². The molecule has 2 aliphatic rings. The van der Waals surface area contributed by atoms with Crippen molar-refractivity contribution in [2.24, 2.45) is 5.92 Å². The van der Waals surface area contributed by atoms with E-state index >= 15 is 0 Å². The largest absolute Gasteiger partial charge is 0.469 e. The summed E-state index contributed by atoms with van der Waals surface area (Å²) in [5.74, 6) is -0.164. The topological polar surface area (TPSA) is 50.8 Å². The number of ether oxygens (including phenoxy) is 2. The second-order valence-corrected chi connectivity index (χ2v) is 6.68. The van der Waals surface area contributed by atoms with E-state index in [1.54, 1.807) is 0 Å². The van der Waals surface area contributed by atoms with Crippen LogP contribution in [0, 0.1) is 5.92 Å². The highest BCUT2D eigenvalue weighted by atomic mass is 32.1. The first kappa shape index (κ1) is 15.9. The summed E-state index contributed by atoms with van der Waals surface area (Å²) >= 11 is 5.62. The van der Waals surface area contributed by atoms with Gasteiger partial charge in [0.05, 0.1) is 13.2 Å². The van der Waals surface area contributed by atoms with Crippen molar-refractivity contribution < 1.29 is 14.3 Å². The first-order valence-corrected chi connectivity index (χ1v) is 8.48. The fraction of sp³-hybridized carbons (Fsp3) is 0.263. The van der Waals surface area contributed by atoms with Gasteiger partial charge >= 0.3 is 5.97 Å². The molecule has 2 aromatic rings. The Kier molecular flexibility index (Phi) is 3.65. The molecule has 0 amide bonds. The summed E-state index contributed by atoms with van der Waals surface area (Å²) in [6.07, 6.45) is 0. The second kappa shape index (κ2) is 5.74. The molecular weight excluding hydrogens is 336 g/mol. The summed E-state index contributed by atoms with van der Waals surface area (Å²) in [4.78, 5) is 14.5. The van der Waals surface area contributed by atoms with Gasteiger partial charge in [0.15, 0.2) is 5.11 Å². The van der Waals surface area contributed by atoms with E-state index in [1.165, 1.54) is 7.11 Å². The number of hydrogen-bond acceptors (Lipinski definition) is 4. The molecule has 2 heterocycles. The number of nitrogens with one attached hydrogen (secondary N) is 1. The zero-order valence-electron chi connectivity index (χ0n) is 13.9. The molecule has 1 saturated heterocycles. The molecule has 0 aliphatic carbocycles. The van der Waals surface area contributed by atoms with E-state index < -0.39 is 11.6 Å². The van der Waals surface area contributed by atoms with Crippen LogP contribution in [0.3, 0.4) is 0 Å². The highest BCUT2D eigenvalue weighted by Crippen LogP contribution is 2.49. The average molecular weight is 354 g/mol. The molecule has 128 valence electrons. The van der Waals surface area contributed by atoms with Gasteiger partial charge in [-0.25, -0.2) is 0 Å². The molecule has 5 nitrogen and oxygen atoms in total. The predicted molar refractivity (Wildman–Crippen MR) is 98.4 cm³/mol. The third kappa shape index (κ3) is 2.28. The normalized spacial score (nSPS) is 27.0. The van der Waals surface area contributed by atoms with Crippen molar-refractivity contribution in [2.45, 2.75) is 18.7 Å². The van der Waals surface area contributed by atoms with Gasteiger partial charge in [-0.05, 0) is 37.3 Å². The number of anilines is 1. The standard InChI is InChI=1S/C19H18N2O3S/c1-19-15(17(22)23-2)16(13-10-6-7-11-14(13)24-19)20-18(25)21(19)12-8-4-3-5-9-12/h3-11,15-16H,1-2H3,(H,20,25)/t15-,16-,19-/m0/s1. The molecular formula is C19H18N2O3S. The molecule has 6 heteroatoms. The van der Waals surface area contributed by atoms with Crippen molar-refractivity contribution in [3.63, 3.8) is 0 Å². The van der Waals surface area contributed by atoms with Crippen LogP contribution in [0.5, 0.6) is 5.75 Å². The maximum atomic E-state index is 12.7. The number of benzene rings is 2. The van der Waals surface area contributed by atoms with Crippen LogP contribution in [-0.4, -0.2) is 23.9 Å². The van der Waals surface area contributed by atoms with Crippen LogP contribution in [0.25, 0.3) is 0 Å². The third-order valence-corrected chi connectivity index (χ3v) is 5.18. The Morgan fingerprint density at radius 3 is 2.60 bits per heavy atom. The van der Waals surface area contributed by atoms with E-state index in [2.05, 4.69) is 5.32 Å². The molecule has 0 saturated carbocycles. The maximum absolute atomic E-state index is 12.7. The van der Waals surface area contributed by atoms with E-state index in [4.69, 9.17) is 21.7 Å². The van der Waals surface area contributed by atoms with E-state index in [9.17, 15) is 4.79 Å². The lowest BCUT2D eigenvalue weighted by molar-refractivity contribution is -0.157. The van der Waals surface area contributed by atoms with Crippen LogP contribution >= 0.6 is 12.2 Å². The maximum Gasteiger partial charge on any atom is 0.317 e. The SMILES string of the molecule is COC(=O)[C@@H]1[C@H]2NC(=S)N(c3ccccc3)[C@@]1(C)Oc1ccccc12. The minimum absolute atomic E-state index is 0.296. The van der Waals surface area contributed by atoms with Crippen molar-refractivity contribution in [3.8, 4) is 5.75 Å². The van der Waals surface area contributed by atoms with Gasteiger partial charge in [-0.1, -0.05) is 36.4 Å². The Morgan fingerprint density at radius 1 is 1.20 bits per heavy atom. The quantitative estimate of drug-likeness (QED) is 0.661. The molecule has 3 atom stereocenters. The van der Waals surface area contributed by atoms with Crippen molar-refractivity contribution in [3.05, 3.63) is 60.2 Å². The van der Waals surface area contributed by atoms with Crippen LogP contribution in [0.4, 0.5) is 5.69 Å². The lowest BCUT2D eigenvalue weighted by atomic mass is 9.79. The molecule has 2 aliphatic heterocycles. The van der Waals surface area contributed by atoms with Gasteiger partial charge in [-0.2, -0.15) is 0 Å². The van der Waals surface area contributed by atoms with Gasteiger partial charge in [-0.3, -0.25) is 9.69 Å². The Hall–Kier alpha value is -2.60. The number of esters is 1. The Labute approximate surface area is 151 Å². The first-order valence-electron chi connectivity index (χ1n) is 8.08. The number of rotatable bonds is 2. The fourth-order valence-electron chi connectivity index (χ4n) is 3.78. The summed E-state index contributed by atoms with van der Waals surface area (Å²) in [6.45, 7) is 1.89. The highest BCUT2D eigenvalue weighted by molar-refractivity contribution is 7.80. The molecule has 0 radical (unpaired) electrons. The van der Waals surface area contributed by atoms with Gasteiger partial charge in [0.2, 0.25) is 5.72 Å². The number of para-hydroxylation sites is 2. The molecule has 0 spiro atoms. The molecule has 2 aromatic carbocycles. The smallest absolute Gasteiger partial charge is 0.317 e. The average Bonchev–Trinajstić information content (AvgIpc) is 2.61. The number of nitrogens with zero attached hydrogens (tertiary/aromatic N) is 1. The molecule has 2 bridgehead atoms. The lowest BCUT2D eigenvalue weighted by Crippen LogP contribution is -2.71. The number of hydrogen-bond donors (Lipinski definition) is 1. The number of carbonyl (C=O) groups excluding carboxylic acids is 1. The summed E-state index contributed by atoms with van der Waals surface area (Å²) in [7, 11) is 1.40. The Balaban J connectivity index is 1.91. The minimum atomic E-state index is -0.990. The van der Waals surface area contributed by atoms with E-state index in [1.807, 2.05) is 66.4 Å². The molecule has 1 N–H and O–H groups in total. The molecule has 1 fully saturated rings. The predicted octanol–water partition coefficient (Wildman–Crippen LogP) is 3.02. The molecule has 0 unspecified atom stereocenters. The summed E-state index contributed by atoms with van der Waals surface area (Å²) in [5, 5.41) is 3.84. The van der Waals surface area contributed by atoms with Crippen LogP contribution in [-0.2, 0) is 9.53 Å². The van der Waals surface area contributed by atoms with Crippen LogP contribution in [0.2, 0.25) is 0 Å².